The van der Waals surface area contributed by atoms with Gasteiger partial charge in [-0.05, 0) is 48.6 Å². The Balaban J connectivity index is 1.66. The number of carbonyl (C=O) groups excluding carboxylic acids is 1. The van der Waals surface area contributed by atoms with E-state index in [2.05, 4.69) is 21.9 Å². The van der Waals surface area contributed by atoms with Crippen LogP contribution in [0.5, 0.6) is 0 Å². The zero-order chi connectivity index (χ0) is 28.2. The summed E-state index contributed by atoms with van der Waals surface area (Å²) in [6.07, 6.45) is 1.90. The predicted molar refractivity (Wildman–Crippen MR) is 145 cm³/mol. The van der Waals surface area contributed by atoms with Gasteiger partial charge in [0.15, 0.2) is 4.90 Å². The second kappa shape index (κ2) is 11.5. The van der Waals surface area contributed by atoms with Crippen LogP contribution >= 0.6 is 0 Å². The lowest BCUT2D eigenvalue weighted by Gasteiger charge is -2.33. The molecule has 0 atom stereocenters. The summed E-state index contributed by atoms with van der Waals surface area (Å²) in [6, 6.07) is 16.1. The molecule has 12 nitrogen and oxygen atoms in total. The average molecular weight is 554 g/mol. The molecule has 1 saturated heterocycles. The summed E-state index contributed by atoms with van der Waals surface area (Å²) in [4.78, 5) is 35.3. The van der Waals surface area contributed by atoms with E-state index in [9.17, 15) is 33.4 Å². The Bertz CT molecular complexity index is 1500. The van der Waals surface area contributed by atoms with Crippen LogP contribution in [0.25, 0.3) is 0 Å². The lowest BCUT2D eigenvalue weighted by molar-refractivity contribution is -0.396. The van der Waals surface area contributed by atoms with E-state index in [4.69, 9.17) is 0 Å². The fourth-order valence-electron chi connectivity index (χ4n) is 4.38. The number of hydrogen-bond acceptors (Lipinski definition) is 8. The first-order chi connectivity index (χ1) is 18.5. The Morgan fingerprint density at radius 2 is 1.67 bits per heavy atom. The molecule has 204 valence electrons. The number of non-ortho nitro benzene ring substituents is 1. The van der Waals surface area contributed by atoms with Gasteiger partial charge < -0.3 is 10.2 Å². The zero-order valence-electron chi connectivity index (χ0n) is 21.1. The van der Waals surface area contributed by atoms with Crippen LogP contribution in [0.4, 0.5) is 22.7 Å². The minimum atomic E-state index is -4.53. The zero-order valence-corrected chi connectivity index (χ0v) is 21.9. The molecule has 3 aromatic rings. The maximum absolute atomic E-state index is 13.3. The highest BCUT2D eigenvalue weighted by Crippen LogP contribution is 2.32. The molecule has 1 fully saturated rings. The first kappa shape index (κ1) is 27.5. The number of amides is 1. The molecule has 1 amide bonds. The number of benzene rings is 3. The van der Waals surface area contributed by atoms with E-state index >= 15 is 0 Å². The van der Waals surface area contributed by atoms with Gasteiger partial charge in [0, 0.05) is 37.1 Å². The Morgan fingerprint density at radius 3 is 2.31 bits per heavy atom. The van der Waals surface area contributed by atoms with Gasteiger partial charge in [-0.25, -0.2) is 8.42 Å². The van der Waals surface area contributed by atoms with E-state index in [1.54, 1.807) is 6.07 Å². The summed E-state index contributed by atoms with van der Waals surface area (Å²) in [6.45, 7) is 3.90. The molecule has 0 aromatic heterocycles. The van der Waals surface area contributed by atoms with Gasteiger partial charge in [-0.2, -0.15) is 0 Å². The third-order valence-corrected chi connectivity index (χ3v) is 7.98. The molecule has 1 aliphatic rings. The van der Waals surface area contributed by atoms with E-state index in [1.807, 2.05) is 30.3 Å². The van der Waals surface area contributed by atoms with Crippen LogP contribution in [0.2, 0.25) is 0 Å². The summed E-state index contributed by atoms with van der Waals surface area (Å²) in [7, 11) is -4.53. The van der Waals surface area contributed by atoms with Crippen molar-refractivity contribution in [1.29, 1.82) is 0 Å². The van der Waals surface area contributed by atoms with Crippen LogP contribution in [-0.4, -0.2) is 37.3 Å². The molecule has 13 heteroatoms. The summed E-state index contributed by atoms with van der Waals surface area (Å²) in [5, 5.41) is 25.4. The number of nitrogens with zero attached hydrogens (tertiary/aromatic N) is 3. The number of carbonyl (C=O) groups is 1. The molecule has 1 heterocycles. The van der Waals surface area contributed by atoms with Gasteiger partial charge in [-0.1, -0.05) is 37.3 Å². The molecule has 2 N–H and O–H groups in total. The lowest BCUT2D eigenvalue weighted by Crippen LogP contribution is -2.35. The standard InChI is InChI=1S/C26H27N5O7S/c1-18-11-13-29(14-12-18)23-9-7-20(15-22(23)26(32)27-17-19-5-3-2-4-6-19)28-39(37,38)25-10-8-21(30(33)34)16-24(25)31(35)36/h2-10,15-16,18,28H,11-14,17H2,1H3,(H,27,32). The fourth-order valence-corrected chi connectivity index (χ4v) is 5.58. The molecule has 0 aliphatic carbocycles. The lowest BCUT2D eigenvalue weighted by atomic mass is 9.98. The maximum atomic E-state index is 13.3. The Hall–Kier alpha value is -4.52. The number of nitrogens with one attached hydrogen (secondary N) is 2. The minimum Gasteiger partial charge on any atom is -0.371 e. The monoisotopic (exact) mass is 553 g/mol. The van der Waals surface area contributed by atoms with Crippen LogP contribution in [0.3, 0.4) is 0 Å². The number of hydrogen-bond donors (Lipinski definition) is 2. The number of rotatable bonds is 9. The molecule has 4 rings (SSSR count). The van der Waals surface area contributed by atoms with Crippen LogP contribution in [-0.2, 0) is 16.6 Å². The van der Waals surface area contributed by atoms with Crippen LogP contribution in [0.15, 0.2) is 71.6 Å². The van der Waals surface area contributed by atoms with Crippen LogP contribution in [0.1, 0.15) is 35.7 Å². The van der Waals surface area contributed by atoms with Gasteiger partial charge in [0.1, 0.15) is 0 Å². The molecule has 0 saturated carbocycles. The quantitative estimate of drug-likeness (QED) is 0.289. The van der Waals surface area contributed by atoms with Crippen LogP contribution in [0, 0.1) is 26.1 Å². The van der Waals surface area contributed by atoms with Crippen molar-refractivity contribution in [3.8, 4) is 0 Å². The smallest absolute Gasteiger partial charge is 0.296 e. The highest BCUT2D eigenvalue weighted by Gasteiger charge is 2.29. The molecule has 39 heavy (non-hydrogen) atoms. The van der Waals surface area contributed by atoms with Crippen molar-refractivity contribution in [3.05, 3.63) is 98.1 Å². The molecular formula is C26H27N5O7S. The number of nitro groups is 2. The first-order valence-electron chi connectivity index (χ1n) is 12.2. The minimum absolute atomic E-state index is 0.0154. The fraction of sp³-hybridized carbons (Fsp3) is 0.269. The second-order valence-electron chi connectivity index (χ2n) is 9.34. The number of sulfonamides is 1. The Labute approximate surface area is 225 Å². The van der Waals surface area contributed by atoms with Gasteiger partial charge in [-0.3, -0.25) is 29.7 Å². The Kier molecular flexibility index (Phi) is 8.10. The van der Waals surface area contributed by atoms with Gasteiger partial charge in [0.25, 0.3) is 27.3 Å². The number of nitro benzene ring substituents is 2. The number of piperidine rings is 1. The topological polar surface area (TPSA) is 165 Å². The SMILES string of the molecule is CC1CCN(c2ccc(NS(=O)(=O)c3ccc([N+](=O)[O-])cc3[N+](=O)[O-])cc2C(=O)NCc2ccccc2)CC1. The maximum Gasteiger partial charge on any atom is 0.296 e. The molecule has 3 aromatic carbocycles. The van der Waals surface area contributed by atoms with Crippen molar-refractivity contribution in [3.63, 3.8) is 0 Å². The van der Waals surface area contributed by atoms with Crippen molar-refractivity contribution < 1.29 is 23.1 Å². The normalized spacial score (nSPS) is 14.0. The van der Waals surface area contributed by atoms with E-state index in [1.165, 1.54) is 12.1 Å². The second-order valence-corrected chi connectivity index (χ2v) is 11.0. The van der Waals surface area contributed by atoms with Crippen molar-refractivity contribution in [2.45, 2.75) is 31.2 Å². The van der Waals surface area contributed by atoms with E-state index in [0.717, 1.165) is 43.6 Å². The Morgan fingerprint density at radius 1 is 0.974 bits per heavy atom. The molecule has 0 spiro atoms. The molecule has 1 aliphatic heterocycles. The summed E-state index contributed by atoms with van der Waals surface area (Å²) in [5.74, 6) is 0.148. The first-order valence-corrected chi connectivity index (χ1v) is 13.7. The molecular weight excluding hydrogens is 526 g/mol. The van der Waals surface area contributed by atoms with Crippen molar-refractivity contribution >= 4 is 38.7 Å². The van der Waals surface area contributed by atoms with Crippen molar-refractivity contribution in [2.24, 2.45) is 5.92 Å². The highest BCUT2D eigenvalue weighted by atomic mass is 32.2. The van der Waals surface area contributed by atoms with E-state index in [0.29, 0.717) is 17.7 Å². The largest absolute Gasteiger partial charge is 0.371 e. The van der Waals surface area contributed by atoms with Gasteiger partial charge >= 0.3 is 0 Å². The third-order valence-electron chi connectivity index (χ3n) is 6.55. The summed E-state index contributed by atoms with van der Waals surface area (Å²) < 4.78 is 28.5. The highest BCUT2D eigenvalue weighted by molar-refractivity contribution is 7.92. The average Bonchev–Trinajstić information content (AvgIpc) is 2.92. The van der Waals surface area contributed by atoms with Gasteiger partial charge in [-0.15, -0.1) is 0 Å². The van der Waals surface area contributed by atoms with Gasteiger partial charge in [0.05, 0.1) is 21.5 Å². The molecule has 0 radical (unpaired) electrons. The predicted octanol–water partition coefficient (Wildman–Crippen LogP) is 4.47. The summed E-state index contributed by atoms with van der Waals surface area (Å²) in [5.41, 5.74) is 0.258. The third kappa shape index (κ3) is 6.49. The number of anilines is 2. The molecule has 0 unspecified atom stereocenters. The van der Waals surface area contributed by atoms with Gasteiger partial charge in [0.2, 0.25) is 0 Å². The molecule has 0 bridgehead atoms. The van der Waals surface area contributed by atoms with Crippen molar-refractivity contribution in [1.82, 2.24) is 5.32 Å². The van der Waals surface area contributed by atoms with E-state index in [-0.39, 0.29) is 17.8 Å². The van der Waals surface area contributed by atoms with Crippen LogP contribution < -0.4 is 14.9 Å². The van der Waals surface area contributed by atoms with Crippen molar-refractivity contribution in [2.75, 3.05) is 22.7 Å². The summed E-state index contributed by atoms with van der Waals surface area (Å²) >= 11 is 0. The van der Waals surface area contributed by atoms with E-state index < -0.39 is 42.0 Å².